The molecular formula is C28H33F4N7O3. The van der Waals surface area contributed by atoms with Crippen molar-refractivity contribution in [3.8, 4) is 0 Å². The zero-order valence-corrected chi connectivity index (χ0v) is 23.2. The van der Waals surface area contributed by atoms with Crippen LogP contribution in [0.15, 0.2) is 23.1 Å². The Labute approximate surface area is 239 Å². The van der Waals surface area contributed by atoms with Gasteiger partial charge in [0.05, 0.1) is 30.2 Å². The Morgan fingerprint density at radius 1 is 1.02 bits per heavy atom. The van der Waals surface area contributed by atoms with Gasteiger partial charge in [-0.05, 0) is 67.1 Å². The molecule has 0 unspecified atom stereocenters. The second-order valence-electron chi connectivity index (χ2n) is 12.2. The van der Waals surface area contributed by atoms with Crippen molar-refractivity contribution in [1.29, 1.82) is 0 Å². The van der Waals surface area contributed by atoms with E-state index in [0.29, 0.717) is 17.0 Å². The van der Waals surface area contributed by atoms with Crippen molar-refractivity contribution in [2.24, 2.45) is 17.8 Å². The van der Waals surface area contributed by atoms with E-state index in [4.69, 9.17) is 4.98 Å². The highest BCUT2D eigenvalue weighted by molar-refractivity contribution is 5.93. The van der Waals surface area contributed by atoms with Crippen molar-refractivity contribution in [1.82, 2.24) is 35.5 Å². The van der Waals surface area contributed by atoms with Crippen LogP contribution in [0.2, 0.25) is 0 Å². The van der Waals surface area contributed by atoms with Gasteiger partial charge in [0.25, 0.3) is 5.91 Å². The highest BCUT2D eigenvalue weighted by Crippen LogP contribution is 2.45. The zero-order valence-electron chi connectivity index (χ0n) is 23.2. The molecule has 10 nitrogen and oxygen atoms in total. The quantitative estimate of drug-likeness (QED) is 0.331. The van der Waals surface area contributed by atoms with Crippen LogP contribution in [0.1, 0.15) is 104 Å². The third-order valence-electron chi connectivity index (χ3n) is 9.01. The normalized spacial score (nSPS) is 22.2. The molecule has 0 bridgehead atoms. The number of imidazole rings is 1. The van der Waals surface area contributed by atoms with Crippen LogP contribution < -0.4 is 10.6 Å². The predicted molar refractivity (Wildman–Crippen MR) is 140 cm³/mol. The number of nitrogens with one attached hydrogen (secondary N) is 2. The van der Waals surface area contributed by atoms with Gasteiger partial charge in [0, 0.05) is 32.1 Å². The Bertz CT molecular complexity index is 1450. The van der Waals surface area contributed by atoms with E-state index in [1.807, 2.05) is 6.07 Å². The maximum atomic E-state index is 14.0. The molecule has 42 heavy (non-hydrogen) atoms. The Balaban J connectivity index is 1.24. The first kappa shape index (κ1) is 28.5. The molecule has 14 heteroatoms. The van der Waals surface area contributed by atoms with Crippen LogP contribution in [0.4, 0.5) is 17.6 Å². The molecule has 0 aromatic carbocycles. The van der Waals surface area contributed by atoms with E-state index in [0.717, 1.165) is 24.8 Å². The molecule has 6 rings (SSSR count). The fourth-order valence-electron chi connectivity index (χ4n) is 6.38. The number of nitrogens with zero attached hydrogens (tertiary/aromatic N) is 5. The maximum absolute atomic E-state index is 14.0. The number of carbonyl (C=O) groups excluding carboxylic acids is 2. The minimum Gasteiger partial charge on any atom is -0.349 e. The summed E-state index contributed by atoms with van der Waals surface area (Å²) in [6.45, 7) is 1.58. The predicted octanol–water partition coefficient (Wildman–Crippen LogP) is 5.11. The summed E-state index contributed by atoms with van der Waals surface area (Å²) in [6.07, 6.45) is 5.56. The highest BCUT2D eigenvalue weighted by Gasteiger charge is 2.46. The summed E-state index contributed by atoms with van der Waals surface area (Å²) in [4.78, 5) is 30.6. The van der Waals surface area contributed by atoms with E-state index >= 15 is 0 Å². The van der Waals surface area contributed by atoms with Gasteiger partial charge in [-0.1, -0.05) is 11.6 Å². The van der Waals surface area contributed by atoms with E-state index in [1.165, 1.54) is 0 Å². The number of aryl methyl sites for hydroxylation is 1. The minimum absolute atomic E-state index is 0.00927. The lowest BCUT2D eigenvalue weighted by molar-refractivity contribution is -0.134. The topological polar surface area (TPSA) is 127 Å². The summed E-state index contributed by atoms with van der Waals surface area (Å²) in [7, 11) is 0. The lowest BCUT2D eigenvalue weighted by atomic mass is 9.76. The van der Waals surface area contributed by atoms with E-state index in [-0.39, 0.29) is 80.3 Å². The Morgan fingerprint density at radius 2 is 1.74 bits per heavy atom. The van der Waals surface area contributed by atoms with Crippen LogP contribution in [0.3, 0.4) is 0 Å². The number of rotatable bonds is 9. The number of amides is 2. The van der Waals surface area contributed by atoms with Gasteiger partial charge in [-0.15, -0.1) is 0 Å². The van der Waals surface area contributed by atoms with Gasteiger partial charge in [-0.25, -0.2) is 31.7 Å². The molecule has 3 aromatic rings. The number of halogens is 4. The molecule has 3 saturated carbocycles. The van der Waals surface area contributed by atoms with Crippen molar-refractivity contribution in [3.63, 3.8) is 0 Å². The average Bonchev–Trinajstić information content (AvgIpc) is 3.50. The van der Waals surface area contributed by atoms with Gasteiger partial charge < -0.3 is 10.6 Å². The summed E-state index contributed by atoms with van der Waals surface area (Å²) >= 11 is 0. The SMILES string of the molecule is Cc1nonc1C(=O)N[C@H](c1cn2ncc([C@H](NC(=O)CC3CC(F)(F)C3)C3CCC3)cc2n1)C1CCC(F)(F)CC1. The molecule has 0 radical (unpaired) electrons. The average molecular weight is 592 g/mol. The molecule has 2 atom stereocenters. The van der Waals surface area contributed by atoms with Crippen LogP contribution in [-0.2, 0) is 4.79 Å². The Morgan fingerprint density at radius 3 is 2.36 bits per heavy atom. The molecule has 2 amide bonds. The van der Waals surface area contributed by atoms with E-state index in [1.54, 1.807) is 23.8 Å². The molecule has 2 N–H and O–H groups in total. The molecule has 0 spiro atoms. The summed E-state index contributed by atoms with van der Waals surface area (Å²) in [5.74, 6) is -6.63. The number of fused-ring (bicyclic) bond motifs is 1. The van der Waals surface area contributed by atoms with Crippen molar-refractivity contribution < 1.29 is 31.8 Å². The van der Waals surface area contributed by atoms with Crippen LogP contribution >= 0.6 is 0 Å². The van der Waals surface area contributed by atoms with E-state index < -0.39 is 23.8 Å². The zero-order chi connectivity index (χ0) is 29.6. The fourth-order valence-corrected chi connectivity index (χ4v) is 6.38. The number of hydrogen-bond acceptors (Lipinski definition) is 7. The van der Waals surface area contributed by atoms with Crippen molar-refractivity contribution in [3.05, 3.63) is 41.1 Å². The monoisotopic (exact) mass is 591 g/mol. The second-order valence-corrected chi connectivity index (χ2v) is 12.2. The number of hydrogen-bond donors (Lipinski definition) is 2. The molecule has 3 heterocycles. The molecule has 3 aromatic heterocycles. The van der Waals surface area contributed by atoms with Crippen LogP contribution in [0, 0.1) is 24.7 Å². The molecule has 226 valence electrons. The number of carbonyl (C=O) groups is 2. The molecule has 3 aliphatic carbocycles. The first-order chi connectivity index (χ1) is 20.0. The largest absolute Gasteiger partial charge is 0.349 e. The van der Waals surface area contributed by atoms with Gasteiger partial charge >= 0.3 is 0 Å². The van der Waals surface area contributed by atoms with Gasteiger partial charge in [-0.2, -0.15) is 5.10 Å². The van der Waals surface area contributed by atoms with Gasteiger partial charge in [-0.3, -0.25) is 9.59 Å². The van der Waals surface area contributed by atoms with Crippen LogP contribution in [0.5, 0.6) is 0 Å². The Hall–Kier alpha value is -3.58. The molecule has 0 saturated heterocycles. The number of aromatic nitrogens is 5. The fraction of sp³-hybridized carbons (Fsp3) is 0.643. The summed E-state index contributed by atoms with van der Waals surface area (Å²) in [5, 5.41) is 17.8. The third kappa shape index (κ3) is 5.98. The van der Waals surface area contributed by atoms with Crippen molar-refractivity contribution in [2.75, 3.05) is 0 Å². The molecular weight excluding hydrogens is 558 g/mol. The van der Waals surface area contributed by atoms with Crippen molar-refractivity contribution >= 4 is 17.5 Å². The standard InChI is InChI=1S/C28H33F4N7O3/c1-15-23(38-42-37-15)26(41)36-25(18-5-7-27(29,30)8-6-18)20-14-39-21(34-20)10-19(13-33-39)24(17-3-2-4-17)35-22(40)9-16-11-28(31,32)12-16/h10,13-14,16-18,24-25H,2-9,11-12H2,1H3,(H,35,40)(H,36,41)/t24-,25+/m1/s1. The lowest BCUT2D eigenvalue weighted by Gasteiger charge is -2.37. The van der Waals surface area contributed by atoms with Gasteiger partial charge in [0.15, 0.2) is 11.3 Å². The first-order valence-corrected chi connectivity index (χ1v) is 14.5. The van der Waals surface area contributed by atoms with Crippen LogP contribution in [-0.4, -0.2) is 48.6 Å². The van der Waals surface area contributed by atoms with Crippen molar-refractivity contribution in [2.45, 2.75) is 95.1 Å². The smallest absolute Gasteiger partial charge is 0.276 e. The van der Waals surface area contributed by atoms with Gasteiger partial charge in [0.1, 0.15) is 5.69 Å². The molecule has 3 fully saturated rings. The summed E-state index contributed by atoms with van der Waals surface area (Å²) < 4.78 is 60.7. The maximum Gasteiger partial charge on any atom is 0.276 e. The third-order valence-corrected chi connectivity index (χ3v) is 9.01. The summed E-state index contributed by atoms with van der Waals surface area (Å²) in [6, 6.07) is 0.803. The first-order valence-electron chi connectivity index (χ1n) is 14.5. The van der Waals surface area contributed by atoms with E-state index in [9.17, 15) is 27.2 Å². The summed E-state index contributed by atoms with van der Waals surface area (Å²) in [5.41, 5.74) is 2.00. The minimum atomic E-state index is -2.74. The Kier molecular flexibility index (Phi) is 7.42. The number of alkyl halides is 4. The lowest BCUT2D eigenvalue weighted by Crippen LogP contribution is -2.41. The highest BCUT2D eigenvalue weighted by atomic mass is 19.3. The van der Waals surface area contributed by atoms with E-state index in [2.05, 4.69) is 30.7 Å². The van der Waals surface area contributed by atoms with Gasteiger partial charge in [0.2, 0.25) is 17.8 Å². The second kappa shape index (κ2) is 10.9. The molecule has 0 aliphatic heterocycles. The molecule has 3 aliphatic rings. The van der Waals surface area contributed by atoms with Crippen LogP contribution in [0.25, 0.3) is 5.65 Å².